The average Bonchev–Trinajstić information content (AvgIpc) is 2.91. The Kier molecular flexibility index (Phi) is 12.1. The van der Waals surface area contributed by atoms with Crippen LogP contribution in [0.3, 0.4) is 0 Å². The molecule has 216 valence electrons. The fraction of sp³-hybridized carbons (Fsp3) is 0.440. The first-order chi connectivity index (χ1) is 18.3. The van der Waals surface area contributed by atoms with Crippen molar-refractivity contribution in [3.05, 3.63) is 65.5 Å². The van der Waals surface area contributed by atoms with E-state index in [2.05, 4.69) is 5.32 Å². The number of methoxy groups -OCH3 is 1. The van der Waals surface area contributed by atoms with Crippen molar-refractivity contribution < 1.29 is 45.4 Å². The summed E-state index contributed by atoms with van der Waals surface area (Å²) < 4.78 is 77.1. The molecule has 2 aromatic carbocycles. The Morgan fingerprint density at radius 1 is 1.03 bits per heavy atom. The van der Waals surface area contributed by atoms with Crippen molar-refractivity contribution in [2.45, 2.75) is 25.6 Å². The highest BCUT2D eigenvalue weighted by molar-refractivity contribution is 7.89. The van der Waals surface area contributed by atoms with Crippen molar-refractivity contribution in [2.75, 3.05) is 45.6 Å². The number of rotatable bonds is 10. The maximum absolute atomic E-state index is 13.3. The van der Waals surface area contributed by atoms with E-state index in [1.165, 1.54) is 16.4 Å². The number of sulfonamides is 1. The van der Waals surface area contributed by atoms with Crippen LogP contribution in [-0.4, -0.2) is 86.4 Å². The van der Waals surface area contributed by atoms with Crippen molar-refractivity contribution in [2.24, 2.45) is 0 Å². The molecule has 1 heterocycles. The Morgan fingerprint density at radius 2 is 1.56 bits per heavy atom. The fourth-order valence-corrected chi connectivity index (χ4v) is 5.03. The van der Waals surface area contributed by atoms with E-state index in [0.29, 0.717) is 32.6 Å². The quantitative estimate of drug-likeness (QED) is 0.417. The van der Waals surface area contributed by atoms with Gasteiger partial charge in [-0.3, -0.25) is 4.79 Å². The van der Waals surface area contributed by atoms with Gasteiger partial charge in [0.1, 0.15) is 11.6 Å². The van der Waals surface area contributed by atoms with Gasteiger partial charge in [0.2, 0.25) is 15.9 Å². The number of nitrogens with one attached hydrogen (secondary N) is 1. The first-order valence-electron chi connectivity index (χ1n) is 12.0. The monoisotopic (exact) mass is 577 g/mol. The first kappa shape index (κ1) is 32.0. The summed E-state index contributed by atoms with van der Waals surface area (Å²) in [4.78, 5) is 23.5. The van der Waals surface area contributed by atoms with Crippen LogP contribution in [0.2, 0.25) is 0 Å². The van der Waals surface area contributed by atoms with Gasteiger partial charge in [0, 0.05) is 45.7 Å². The number of benzene rings is 2. The van der Waals surface area contributed by atoms with Crippen LogP contribution in [-0.2, 0) is 32.6 Å². The number of piperazine rings is 1. The highest BCUT2D eigenvalue weighted by Gasteiger charge is 2.38. The highest BCUT2D eigenvalue weighted by Crippen LogP contribution is 2.15. The topological polar surface area (TPSA) is 116 Å². The molecule has 1 aliphatic rings. The molecule has 0 saturated carbocycles. The Hall–Kier alpha value is -3.23. The molecule has 3 rings (SSSR count). The van der Waals surface area contributed by atoms with E-state index in [0.717, 1.165) is 16.9 Å². The normalized spacial score (nSPS) is 14.2. The predicted molar refractivity (Wildman–Crippen MR) is 135 cm³/mol. The van der Waals surface area contributed by atoms with Crippen LogP contribution < -0.4 is 10.1 Å². The summed E-state index contributed by atoms with van der Waals surface area (Å²) in [6.45, 7) is 2.44. The number of carboxylic acids is 1. The maximum atomic E-state index is 13.3. The molecule has 0 radical (unpaired) electrons. The lowest BCUT2D eigenvalue weighted by molar-refractivity contribution is -0.192. The van der Waals surface area contributed by atoms with Gasteiger partial charge in [0.25, 0.3) is 0 Å². The van der Waals surface area contributed by atoms with Crippen LogP contribution in [0.25, 0.3) is 0 Å². The number of halogens is 4. The maximum Gasteiger partial charge on any atom is 0.490 e. The van der Waals surface area contributed by atoms with Crippen LogP contribution in [0.4, 0.5) is 17.6 Å². The molecule has 14 heteroatoms. The summed E-state index contributed by atoms with van der Waals surface area (Å²) >= 11 is 0. The van der Waals surface area contributed by atoms with Crippen molar-refractivity contribution >= 4 is 21.9 Å². The number of alkyl halides is 3. The molecule has 1 aliphatic heterocycles. The molecule has 0 bridgehead atoms. The number of hydrogen-bond acceptors (Lipinski definition) is 6. The molecule has 1 saturated heterocycles. The Morgan fingerprint density at radius 3 is 2.08 bits per heavy atom. The number of carboxylic acid groups (broad SMARTS) is 1. The van der Waals surface area contributed by atoms with Gasteiger partial charge in [-0.15, -0.1) is 0 Å². The number of carbonyl (C=O) groups excluding carboxylic acids is 1. The second-order valence-electron chi connectivity index (χ2n) is 8.56. The van der Waals surface area contributed by atoms with Crippen LogP contribution in [0, 0.1) is 5.82 Å². The van der Waals surface area contributed by atoms with Gasteiger partial charge in [-0.1, -0.05) is 24.3 Å². The number of nitrogens with zero attached hydrogens (tertiary/aromatic N) is 2. The number of amides is 1. The zero-order valence-corrected chi connectivity index (χ0v) is 22.1. The number of carbonyl (C=O) groups is 2. The van der Waals surface area contributed by atoms with Gasteiger partial charge in [0.15, 0.2) is 0 Å². The van der Waals surface area contributed by atoms with E-state index < -0.39 is 22.2 Å². The molecule has 0 atom stereocenters. The van der Waals surface area contributed by atoms with Crippen molar-refractivity contribution in [1.82, 2.24) is 14.5 Å². The van der Waals surface area contributed by atoms with E-state index in [-0.39, 0.29) is 37.0 Å². The van der Waals surface area contributed by atoms with Crippen LogP contribution in [0.15, 0.2) is 48.5 Å². The minimum Gasteiger partial charge on any atom is -0.497 e. The third-order valence-electron chi connectivity index (χ3n) is 5.76. The van der Waals surface area contributed by atoms with E-state index in [1.54, 1.807) is 24.1 Å². The van der Waals surface area contributed by atoms with E-state index in [4.69, 9.17) is 14.6 Å². The molecular weight excluding hydrogens is 546 g/mol. The van der Waals surface area contributed by atoms with E-state index in [9.17, 15) is 30.8 Å². The van der Waals surface area contributed by atoms with Crippen LogP contribution in [0.5, 0.6) is 5.75 Å². The summed E-state index contributed by atoms with van der Waals surface area (Å²) in [5, 5.41) is 10.3. The molecule has 0 spiro atoms. The van der Waals surface area contributed by atoms with E-state index in [1.807, 2.05) is 24.3 Å². The van der Waals surface area contributed by atoms with Crippen LogP contribution >= 0.6 is 0 Å². The van der Waals surface area contributed by atoms with Gasteiger partial charge >= 0.3 is 12.1 Å². The minimum absolute atomic E-state index is 0.0884. The molecule has 0 aromatic heterocycles. The smallest absolute Gasteiger partial charge is 0.490 e. The summed E-state index contributed by atoms with van der Waals surface area (Å²) in [5.41, 5.74) is 1.75. The van der Waals surface area contributed by atoms with Crippen molar-refractivity contribution in [3.8, 4) is 5.75 Å². The lowest BCUT2D eigenvalue weighted by Crippen LogP contribution is -2.48. The molecular formula is C25H31F4N3O6S. The number of hydrogen-bond donors (Lipinski definition) is 2. The Bertz CT molecular complexity index is 1170. The van der Waals surface area contributed by atoms with Gasteiger partial charge in [-0.25, -0.2) is 17.6 Å². The minimum atomic E-state index is -5.08. The van der Waals surface area contributed by atoms with Gasteiger partial charge < -0.3 is 20.1 Å². The fourth-order valence-electron chi connectivity index (χ4n) is 3.58. The summed E-state index contributed by atoms with van der Waals surface area (Å²) in [6, 6.07) is 13.4. The van der Waals surface area contributed by atoms with Crippen molar-refractivity contribution in [1.29, 1.82) is 0 Å². The molecule has 1 fully saturated rings. The Labute approximate surface area is 224 Å². The molecule has 2 N–H and O–H groups in total. The average molecular weight is 578 g/mol. The zero-order valence-electron chi connectivity index (χ0n) is 21.3. The summed E-state index contributed by atoms with van der Waals surface area (Å²) in [7, 11) is -1.86. The number of aryl methyl sites for hydroxylation is 1. The number of aliphatic carboxylic acids is 1. The SMILES string of the molecule is COc1ccc(CCC(=O)N(CCS(=O)(=O)N2CCNCC2)Cc2ccc(F)cc2)cc1.O=C(O)C(F)(F)F. The first-order valence-corrected chi connectivity index (χ1v) is 13.6. The van der Waals surface area contributed by atoms with E-state index >= 15 is 0 Å². The zero-order chi connectivity index (χ0) is 29.1. The molecule has 39 heavy (non-hydrogen) atoms. The van der Waals surface area contributed by atoms with Crippen molar-refractivity contribution in [3.63, 3.8) is 0 Å². The number of ether oxygens (including phenoxy) is 1. The predicted octanol–water partition coefficient (Wildman–Crippen LogP) is 2.66. The lowest BCUT2D eigenvalue weighted by atomic mass is 10.1. The lowest BCUT2D eigenvalue weighted by Gasteiger charge is -2.28. The molecule has 1 amide bonds. The van der Waals surface area contributed by atoms with Gasteiger partial charge in [-0.2, -0.15) is 17.5 Å². The largest absolute Gasteiger partial charge is 0.497 e. The second kappa shape index (κ2) is 14.8. The van der Waals surface area contributed by atoms with Gasteiger partial charge in [-0.05, 0) is 41.8 Å². The summed E-state index contributed by atoms with van der Waals surface area (Å²) in [6.07, 6.45) is -4.30. The summed E-state index contributed by atoms with van der Waals surface area (Å²) in [5.74, 6) is -2.64. The highest BCUT2D eigenvalue weighted by atomic mass is 32.2. The second-order valence-corrected chi connectivity index (χ2v) is 10.6. The Balaban J connectivity index is 0.000000673. The molecule has 9 nitrogen and oxygen atoms in total. The van der Waals surface area contributed by atoms with Crippen LogP contribution in [0.1, 0.15) is 17.5 Å². The molecule has 0 unspecified atom stereocenters. The third kappa shape index (κ3) is 11.2. The third-order valence-corrected chi connectivity index (χ3v) is 7.61. The standard InChI is InChI=1S/C23H30FN3O4S.C2HF3O2/c1-31-22-9-4-19(5-10-22)6-11-23(28)26(18-20-2-7-21(24)8-3-20)16-17-32(29,30)27-14-12-25-13-15-27;3-2(4,5)1(6)7/h2-5,7-10,25H,6,11-18H2,1H3;(H,6,7). The van der Waals surface area contributed by atoms with Gasteiger partial charge in [0.05, 0.1) is 12.9 Å². The molecule has 2 aromatic rings. The molecule has 0 aliphatic carbocycles.